The minimum absolute atomic E-state index is 0. The van der Waals surface area contributed by atoms with Crippen LogP contribution in [0.5, 0.6) is 0 Å². The molecule has 0 saturated carbocycles. The molecule has 0 spiro atoms. The summed E-state index contributed by atoms with van der Waals surface area (Å²) in [5.74, 6) is 0. The van der Waals surface area contributed by atoms with E-state index in [9.17, 15) is 0 Å². The first-order valence-corrected chi connectivity index (χ1v) is 2.27. The van der Waals surface area contributed by atoms with Gasteiger partial charge in [0.1, 0.15) is 0 Å². The van der Waals surface area contributed by atoms with Crippen molar-refractivity contribution in [3.05, 3.63) is 0 Å². The van der Waals surface area contributed by atoms with Crippen molar-refractivity contribution in [2.45, 2.75) is 0 Å². The van der Waals surface area contributed by atoms with Crippen molar-refractivity contribution in [2.24, 2.45) is 0 Å². The SMILES string of the molecule is OP1OCO1.[Y]. The molecule has 1 saturated heterocycles. The quantitative estimate of drug-likeness (QED) is 0.545. The standard InChI is InChI=1S/CH3O3P.Y/c2-5-3-1-4-5;/h2H,1H2;. The molecular formula is CH3O3PY. The van der Waals surface area contributed by atoms with Crippen molar-refractivity contribution in [3.8, 4) is 0 Å². The predicted octanol–water partition coefficient (Wildman–Crippen LogP) is 0.207. The third-order valence-electron chi connectivity index (χ3n) is 0.326. The van der Waals surface area contributed by atoms with Crippen LogP contribution in [0.4, 0.5) is 0 Å². The maximum Gasteiger partial charge on any atom is 0.334 e. The van der Waals surface area contributed by atoms with Gasteiger partial charge < -0.3 is 4.89 Å². The Balaban J connectivity index is 0.000000250. The molecule has 3 nitrogen and oxygen atoms in total. The first-order valence-electron chi connectivity index (χ1n) is 1.14. The molecular weight excluding hydrogens is 180 g/mol. The Morgan fingerprint density at radius 3 is 1.83 bits per heavy atom. The van der Waals surface area contributed by atoms with Crippen LogP contribution in [0, 0.1) is 0 Å². The van der Waals surface area contributed by atoms with Crippen LogP contribution >= 0.6 is 8.60 Å². The molecule has 1 aliphatic heterocycles. The summed E-state index contributed by atoms with van der Waals surface area (Å²) in [4.78, 5) is 8.07. The minimum atomic E-state index is -1.42. The van der Waals surface area contributed by atoms with Crippen LogP contribution in [0.3, 0.4) is 0 Å². The monoisotopic (exact) mass is 183 g/mol. The molecule has 0 aromatic carbocycles. The van der Waals surface area contributed by atoms with Crippen molar-refractivity contribution >= 4 is 8.60 Å². The van der Waals surface area contributed by atoms with Crippen molar-refractivity contribution < 1.29 is 46.7 Å². The van der Waals surface area contributed by atoms with Crippen LogP contribution < -0.4 is 0 Å². The van der Waals surface area contributed by atoms with E-state index >= 15 is 0 Å². The third kappa shape index (κ3) is 1.92. The van der Waals surface area contributed by atoms with Gasteiger partial charge in [0, 0.05) is 32.7 Å². The molecule has 1 radical (unpaired) electrons. The summed E-state index contributed by atoms with van der Waals surface area (Å²) >= 11 is 0. The molecule has 0 aromatic heterocycles. The summed E-state index contributed by atoms with van der Waals surface area (Å²) < 4.78 is 8.66. The van der Waals surface area contributed by atoms with Gasteiger partial charge in [-0.2, -0.15) is 0 Å². The molecule has 0 amide bonds. The summed E-state index contributed by atoms with van der Waals surface area (Å²) in [6.07, 6.45) is 0. The molecule has 0 aromatic rings. The third-order valence-corrected chi connectivity index (χ3v) is 0.979. The van der Waals surface area contributed by atoms with E-state index in [0.29, 0.717) is 0 Å². The Kier molecular flexibility index (Phi) is 4.23. The van der Waals surface area contributed by atoms with Gasteiger partial charge in [0.15, 0.2) is 6.79 Å². The van der Waals surface area contributed by atoms with Gasteiger partial charge in [-0.05, 0) is 0 Å². The molecule has 0 bridgehead atoms. The molecule has 0 atom stereocenters. The Labute approximate surface area is 61.9 Å². The Morgan fingerprint density at radius 2 is 1.83 bits per heavy atom. The van der Waals surface area contributed by atoms with Crippen molar-refractivity contribution in [1.29, 1.82) is 0 Å². The van der Waals surface area contributed by atoms with Crippen LogP contribution in [0.2, 0.25) is 0 Å². The largest absolute Gasteiger partial charge is 0.334 e. The van der Waals surface area contributed by atoms with Crippen molar-refractivity contribution in [3.63, 3.8) is 0 Å². The average molecular weight is 183 g/mol. The molecule has 1 aliphatic rings. The fourth-order valence-corrected chi connectivity index (χ4v) is 0.300. The van der Waals surface area contributed by atoms with Crippen LogP contribution in [0.1, 0.15) is 0 Å². The molecule has 1 rings (SSSR count). The van der Waals surface area contributed by atoms with E-state index in [4.69, 9.17) is 4.89 Å². The molecule has 1 N–H and O–H groups in total. The topological polar surface area (TPSA) is 38.7 Å². The van der Waals surface area contributed by atoms with Gasteiger partial charge in [0.25, 0.3) is 0 Å². The summed E-state index contributed by atoms with van der Waals surface area (Å²) in [6, 6.07) is 0. The van der Waals surface area contributed by atoms with Crippen LogP contribution in [-0.4, -0.2) is 11.7 Å². The molecule has 0 unspecified atom stereocenters. The molecule has 1 fully saturated rings. The second-order valence-corrected chi connectivity index (χ2v) is 1.61. The minimum Gasteiger partial charge on any atom is -0.328 e. The summed E-state index contributed by atoms with van der Waals surface area (Å²) in [5.41, 5.74) is 0. The molecule has 6 heavy (non-hydrogen) atoms. The maximum atomic E-state index is 8.07. The number of hydrogen-bond acceptors (Lipinski definition) is 3. The van der Waals surface area contributed by atoms with Gasteiger partial charge in [-0.15, -0.1) is 0 Å². The Hall–Kier alpha value is 1.41. The van der Waals surface area contributed by atoms with Gasteiger partial charge in [-0.1, -0.05) is 0 Å². The maximum absolute atomic E-state index is 8.07. The van der Waals surface area contributed by atoms with Crippen LogP contribution in [-0.2, 0) is 41.8 Å². The van der Waals surface area contributed by atoms with Gasteiger partial charge in [-0.3, -0.25) is 9.05 Å². The Bertz CT molecular complexity index is 37.8. The second-order valence-electron chi connectivity index (χ2n) is 0.614. The van der Waals surface area contributed by atoms with Gasteiger partial charge >= 0.3 is 8.60 Å². The molecule has 5 heteroatoms. The predicted molar refractivity (Wildman–Crippen MR) is 16.2 cm³/mol. The fraction of sp³-hybridized carbons (Fsp3) is 1.00. The average Bonchev–Trinajstić information content (AvgIpc) is 1.30. The molecule has 1 heterocycles. The van der Waals surface area contributed by atoms with Crippen molar-refractivity contribution in [2.75, 3.05) is 6.79 Å². The van der Waals surface area contributed by atoms with E-state index in [2.05, 4.69) is 9.05 Å². The summed E-state index contributed by atoms with van der Waals surface area (Å²) in [5, 5.41) is 0. The Morgan fingerprint density at radius 1 is 1.50 bits per heavy atom. The van der Waals surface area contributed by atoms with E-state index in [0.717, 1.165) is 0 Å². The van der Waals surface area contributed by atoms with E-state index < -0.39 is 8.60 Å². The van der Waals surface area contributed by atoms with Crippen LogP contribution in [0.25, 0.3) is 0 Å². The smallest absolute Gasteiger partial charge is 0.328 e. The van der Waals surface area contributed by atoms with Gasteiger partial charge in [0.2, 0.25) is 0 Å². The van der Waals surface area contributed by atoms with Crippen molar-refractivity contribution in [1.82, 2.24) is 0 Å². The van der Waals surface area contributed by atoms with E-state index in [1.165, 1.54) is 0 Å². The van der Waals surface area contributed by atoms with Gasteiger partial charge in [0.05, 0.1) is 0 Å². The second kappa shape index (κ2) is 3.42. The van der Waals surface area contributed by atoms with E-state index in [1.54, 1.807) is 0 Å². The van der Waals surface area contributed by atoms with Crippen LogP contribution in [0.15, 0.2) is 0 Å². The zero-order chi connectivity index (χ0) is 3.70. The normalized spacial score (nSPS) is 21.5. The first-order chi connectivity index (χ1) is 2.39. The summed E-state index contributed by atoms with van der Waals surface area (Å²) in [6.45, 7) is 0.266. The summed E-state index contributed by atoms with van der Waals surface area (Å²) in [7, 11) is -1.42. The first kappa shape index (κ1) is 7.41. The van der Waals surface area contributed by atoms with E-state index in [1.807, 2.05) is 0 Å². The zero-order valence-corrected chi connectivity index (χ0v) is 6.73. The fourth-order valence-electron chi connectivity index (χ4n) is 0.0998. The van der Waals surface area contributed by atoms with E-state index in [-0.39, 0.29) is 39.5 Å². The number of rotatable bonds is 0. The zero-order valence-electron chi connectivity index (χ0n) is 3.00. The molecule has 0 aliphatic carbocycles. The molecule has 33 valence electrons. The van der Waals surface area contributed by atoms with Gasteiger partial charge in [-0.25, -0.2) is 0 Å². The number of hydrogen-bond donors (Lipinski definition) is 1.